The topological polar surface area (TPSA) is 347 Å². The third-order valence-electron chi connectivity index (χ3n) is 22.0. The Hall–Kier alpha value is -9.69. The first kappa shape index (κ1) is 92.2. The van der Waals surface area contributed by atoms with Crippen LogP contribution in [0.2, 0.25) is 0 Å². The Kier molecular flexibility index (Phi) is 36.0. The highest BCUT2D eigenvalue weighted by molar-refractivity contribution is 6.01. The Labute approximate surface area is 667 Å². The number of hydrogen-bond acceptors (Lipinski definition) is 15. The van der Waals surface area contributed by atoms with E-state index in [1.165, 1.54) is 61.8 Å². The molecule has 3 aromatic rings. The lowest BCUT2D eigenvalue weighted by Crippen LogP contribution is -2.58. The summed E-state index contributed by atoms with van der Waals surface area (Å²) in [4.78, 5) is 232. The lowest BCUT2D eigenvalue weighted by atomic mass is 9.88. The Bertz CT molecular complexity index is 3770. The van der Waals surface area contributed by atoms with Crippen molar-refractivity contribution in [2.75, 3.05) is 61.4 Å². The lowest BCUT2D eigenvalue weighted by Gasteiger charge is -2.36. The Balaban J connectivity index is 1.48. The van der Waals surface area contributed by atoms with Gasteiger partial charge in [-0.2, -0.15) is 0 Å². The summed E-state index contributed by atoms with van der Waals surface area (Å²) < 4.78 is 0. The van der Waals surface area contributed by atoms with Gasteiger partial charge in [-0.3, -0.25) is 71.9 Å². The largest absolute Gasteiger partial charge is 0.481 e. The number of carbonyl (C=O) groups excluding carboxylic acids is 14. The van der Waals surface area contributed by atoms with Gasteiger partial charge in [-0.15, -0.1) is 0 Å². The average Bonchev–Trinajstić information content (AvgIpc) is 1.80. The normalized spacial score (nSPS) is 24.1. The molecule has 0 aliphatic carbocycles. The number of amides is 11. The smallest absolute Gasteiger partial charge is 0.303 e. The molecule has 6 rings (SSSR count). The maximum absolute atomic E-state index is 15.6. The second-order valence-corrected chi connectivity index (χ2v) is 33.1. The number of rotatable bonds is 22. The average molecular weight is 1570 g/mol. The summed E-state index contributed by atoms with van der Waals surface area (Å²) in [6.07, 6.45) is -0.300. The Morgan fingerprint density at radius 3 is 1.61 bits per heavy atom. The van der Waals surface area contributed by atoms with E-state index in [-0.39, 0.29) is 93.9 Å². The van der Waals surface area contributed by atoms with Crippen LogP contribution >= 0.6 is 0 Å². The van der Waals surface area contributed by atoms with Crippen molar-refractivity contribution < 1.29 is 77.0 Å². The molecule has 620 valence electrons. The van der Waals surface area contributed by atoms with E-state index in [2.05, 4.69) is 21.3 Å². The minimum absolute atomic E-state index is 0.0510. The molecule has 0 aromatic heterocycles. The number of fused-ring (bicyclic) bond motifs is 1. The third-order valence-corrected chi connectivity index (χ3v) is 22.0. The van der Waals surface area contributed by atoms with Gasteiger partial charge in [-0.05, 0) is 125 Å². The van der Waals surface area contributed by atoms with Gasteiger partial charge in [0.05, 0.1) is 30.6 Å². The summed E-state index contributed by atoms with van der Waals surface area (Å²) in [5.41, 5.74) is 1.94. The van der Waals surface area contributed by atoms with E-state index in [0.717, 1.165) is 29.1 Å². The molecular formula is C86H125N11O16. The number of Topliss-reactive ketones (excluding diaryl/α,β-unsaturated/α-hetero) is 3. The number of piperidine rings is 1. The number of nitrogens with one attached hydrogen (secondary N) is 4. The van der Waals surface area contributed by atoms with E-state index < -0.39 is 193 Å². The molecule has 0 saturated carbocycles. The van der Waals surface area contributed by atoms with E-state index in [4.69, 9.17) is 0 Å². The third kappa shape index (κ3) is 27.5. The first-order valence-corrected chi connectivity index (χ1v) is 40.4. The maximum atomic E-state index is 15.6. The van der Waals surface area contributed by atoms with Gasteiger partial charge in [0.15, 0.2) is 17.3 Å². The highest BCUT2D eigenvalue weighted by Gasteiger charge is 2.45. The zero-order valence-electron chi connectivity index (χ0n) is 69.2. The first-order valence-electron chi connectivity index (χ1n) is 40.4. The van der Waals surface area contributed by atoms with Crippen LogP contribution in [0.4, 0.5) is 0 Å². The fraction of sp³-hybridized carbons (Fsp3) is 0.616. The zero-order valence-corrected chi connectivity index (χ0v) is 69.2. The number of hydrogen-bond donors (Lipinski definition) is 5. The predicted octanol–water partition coefficient (Wildman–Crippen LogP) is 6.64. The standard InChI is InChI=1S/C86H125N11O16/c1-53(2)41-65-73(99)50-64(83(110)94(14)70(47-61-33-24-18-25-34-61)79(106)87-57(9)81(108)96-38-26-19-27-39-96)51-76(102)91(11)52-75(101)88-67(46-60-31-22-17-23-32-60)84(111)95(15)71(44-56(7)8)86(113)92(12)58(10)72(98)49-63(45-59-29-20-16-21-30-59)82(109)93(13)69(43-55(5)6)80(107)90-66(42-54(3)4)85(112)97-40-28-35-68(97)74(100)48-62(78(105)89-65)36-37-77(103)104/h16-18,20-25,29-34,53-58,62-71H,19,26-28,35-52H2,1-15H3,(H,87,106)(H,88,101)(H,89,105)(H,90,107)(H,103,104)/t57-,58-,62+,63+,64-,65-,66-,67-,68-,69-,70-,71-/m0/s1. The summed E-state index contributed by atoms with van der Waals surface area (Å²) in [7, 11) is 6.97. The lowest BCUT2D eigenvalue weighted by molar-refractivity contribution is -0.149. The first-order chi connectivity index (χ1) is 53.4. The van der Waals surface area contributed by atoms with Crippen LogP contribution in [0.3, 0.4) is 0 Å². The van der Waals surface area contributed by atoms with E-state index in [1.54, 1.807) is 105 Å². The van der Waals surface area contributed by atoms with Crippen molar-refractivity contribution in [3.8, 4) is 0 Å². The number of likely N-dealkylation sites (N-methyl/N-ethyl adjacent to an activating group) is 5. The molecule has 3 saturated heterocycles. The van der Waals surface area contributed by atoms with Gasteiger partial charge in [0, 0.05) is 112 Å². The van der Waals surface area contributed by atoms with Crippen molar-refractivity contribution >= 4 is 88.3 Å². The summed E-state index contributed by atoms with van der Waals surface area (Å²) in [5, 5.41) is 21.4. The van der Waals surface area contributed by atoms with Gasteiger partial charge in [0.2, 0.25) is 65.0 Å². The van der Waals surface area contributed by atoms with Crippen LogP contribution in [0.1, 0.15) is 182 Å². The maximum Gasteiger partial charge on any atom is 0.303 e. The van der Waals surface area contributed by atoms with Crippen molar-refractivity contribution in [2.24, 2.45) is 41.4 Å². The Morgan fingerprint density at radius 2 is 1.04 bits per heavy atom. The molecule has 0 unspecified atom stereocenters. The van der Waals surface area contributed by atoms with Gasteiger partial charge < -0.3 is 60.7 Å². The van der Waals surface area contributed by atoms with Crippen LogP contribution in [-0.2, 0) is 91.2 Å². The van der Waals surface area contributed by atoms with Crippen molar-refractivity contribution in [2.45, 2.75) is 239 Å². The van der Waals surface area contributed by atoms with Crippen molar-refractivity contribution in [1.29, 1.82) is 0 Å². The summed E-state index contributed by atoms with van der Waals surface area (Å²) >= 11 is 0. The molecule has 5 N–H and O–H groups in total. The monoisotopic (exact) mass is 1570 g/mol. The van der Waals surface area contributed by atoms with E-state index >= 15 is 33.6 Å². The van der Waals surface area contributed by atoms with Crippen molar-refractivity contribution in [1.82, 2.24) is 55.6 Å². The van der Waals surface area contributed by atoms with Crippen LogP contribution in [0, 0.1) is 41.4 Å². The fourth-order valence-electron chi connectivity index (χ4n) is 15.4. The van der Waals surface area contributed by atoms with E-state index in [9.17, 15) is 43.5 Å². The number of carboxylic acids is 1. The van der Waals surface area contributed by atoms with Gasteiger partial charge in [0.25, 0.3) is 0 Å². The second kappa shape index (κ2) is 44.1. The van der Waals surface area contributed by atoms with Gasteiger partial charge in [-0.25, -0.2) is 0 Å². The number of carboxylic acid groups (broad SMARTS) is 1. The molecule has 3 aromatic carbocycles. The molecule has 3 aliphatic rings. The minimum atomic E-state index is -1.62. The zero-order chi connectivity index (χ0) is 83.7. The molecule has 3 aliphatic heterocycles. The number of carbonyl (C=O) groups is 15. The van der Waals surface area contributed by atoms with Gasteiger partial charge in [-0.1, -0.05) is 146 Å². The second-order valence-electron chi connectivity index (χ2n) is 33.1. The van der Waals surface area contributed by atoms with Crippen LogP contribution in [-0.4, -0.2) is 243 Å². The predicted molar refractivity (Wildman–Crippen MR) is 427 cm³/mol. The summed E-state index contributed by atoms with van der Waals surface area (Å²) in [5.74, 6) is -15.8. The van der Waals surface area contributed by atoms with Crippen molar-refractivity contribution in [3.05, 3.63) is 108 Å². The molecule has 3 heterocycles. The molecule has 0 radical (unpaired) electrons. The number of nitrogens with zero attached hydrogens (tertiary/aromatic N) is 7. The van der Waals surface area contributed by atoms with E-state index in [0.29, 0.717) is 36.2 Å². The molecule has 0 bridgehead atoms. The number of ketones is 3. The molecule has 0 spiro atoms. The molecular weight excluding hydrogens is 1440 g/mol. The summed E-state index contributed by atoms with van der Waals surface area (Å²) in [6, 6.07) is 15.4. The highest BCUT2D eigenvalue weighted by atomic mass is 16.4. The van der Waals surface area contributed by atoms with Gasteiger partial charge in [0.1, 0.15) is 36.3 Å². The van der Waals surface area contributed by atoms with Gasteiger partial charge >= 0.3 is 5.97 Å². The quantitative estimate of drug-likeness (QED) is 0.0703. The number of likely N-dealkylation sites (tertiary alicyclic amines) is 1. The highest BCUT2D eigenvalue weighted by Crippen LogP contribution is 2.29. The molecule has 11 amide bonds. The molecule has 27 heteroatoms. The van der Waals surface area contributed by atoms with Crippen LogP contribution in [0.15, 0.2) is 91.0 Å². The number of benzene rings is 3. The minimum Gasteiger partial charge on any atom is -0.481 e. The SMILES string of the molecule is CC(C)C[C@@H]1NC(=O)[C@H](CCC(=O)O)CC(=O)[C@@H]2CCCN2C(=O)[C@H](CC(C)C)NC(=O)[C@H](CC(C)C)N(C)C(=O)[C@H](Cc2ccccc2)CC(=O)[C@H](C)N(C)C(=O)[C@H](CC(C)C)N(C)C(=O)[C@H](Cc2ccccc2)NC(=O)CN(C)C(=O)C[C@@H](C(=O)N(C)[C@@H](Cc2ccccc2)C(=O)N[C@@H](C)C(=O)N2CCCCC2)CC1=O. The molecule has 3 fully saturated rings. The molecule has 12 atom stereocenters. The molecule has 113 heavy (non-hydrogen) atoms. The van der Waals surface area contributed by atoms with Crippen LogP contribution in [0.25, 0.3) is 0 Å². The van der Waals surface area contributed by atoms with E-state index in [1.807, 2.05) is 53.7 Å². The fourth-order valence-corrected chi connectivity index (χ4v) is 15.4. The van der Waals surface area contributed by atoms with Crippen LogP contribution in [0.5, 0.6) is 0 Å². The number of aliphatic carboxylic acids is 1. The van der Waals surface area contributed by atoms with Crippen molar-refractivity contribution in [3.63, 3.8) is 0 Å². The van der Waals surface area contributed by atoms with Crippen LogP contribution < -0.4 is 21.3 Å². The summed E-state index contributed by atoms with van der Waals surface area (Å²) in [6.45, 7) is 18.2. The molecule has 27 nitrogen and oxygen atoms in total. The Morgan fingerprint density at radius 1 is 0.522 bits per heavy atom.